The van der Waals surface area contributed by atoms with Crippen molar-refractivity contribution in [2.75, 3.05) is 5.32 Å². The molecule has 0 atom stereocenters. The lowest BCUT2D eigenvalue weighted by molar-refractivity contribution is 0.210. The van der Waals surface area contributed by atoms with E-state index in [9.17, 15) is 4.79 Å². The fourth-order valence-electron chi connectivity index (χ4n) is 2.68. The maximum absolute atomic E-state index is 10.8. The number of hydrogen-bond acceptors (Lipinski definition) is 3. The van der Waals surface area contributed by atoms with Crippen LogP contribution in [0.1, 0.15) is 0 Å². The highest BCUT2D eigenvalue weighted by molar-refractivity contribution is 5.99. The molecule has 4 aromatic rings. The fourth-order valence-corrected chi connectivity index (χ4v) is 2.68. The largest absolute Gasteiger partial charge is 0.465 e. The standard InChI is InChI=1S/C18H12N2O3/c21-18(22)20-13-6-5-12-9-19-10-15(14(12)8-13)17-7-11-3-1-2-4-16(11)23-17/h1-10,20H,(H,21,22). The highest BCUT2D eigenvalue weighted by Crippen LogP contribution is 2.33. The van der Waals surface area contributed by atoms with Gasteiger partial charge in [-0.1, -0.05) is 24.3 Å². The summed E-state index contributed by atoms with van der Waals surface area (Å²) in [4.78, 5) is 15.1. The summed E-state index contributed by atoms with van der Waals surface area (Å²) in [6.07, 6.45) is 2.38. The number of carbonyl (C=O) groups is 1. The molecule has 2 heterocycles. The van der Waals surface area contributed by atoms with Gasteiger partial charge in [0.25, 0.3) is 0 Å². The van der Waals surface area contributed by atoms with Crippen molar-refractivity contribution in [1.82, 2.24) is 4.98 Å². The van der Waals surface area contributed by atoms with Crippen molar-refractivity contribution in [3.05, 3.63) is 60.9 Å². The third-order valence-electron chi connectivity index (χ3n) is 3.70. The number of pyridine rings is 1. The molecule has 0 aliphatic heterocycles. The summed E-state index contributed by atoms with van der Waals surface area (Å²) in [6, 6.07) is 15.1. The second-order valence-electron chi connectivity index (χ2n) is 5.20. The van der Waals surface area contributed by atoms with Gasteiger partial charge in [0, 0.05) is 34.4 Å². The van der Waals surface area contributed by atoms with Crippen molar-refractivity contribution in [2.45, 2.75) is 0 Å². The normalized spacial score (nSPS) is 11.0. The first-order valence-electron chi connectivity index (χ1n) is 7.07. The molecule has 2 aromatic heterocycles. The van der Waals surface area contributed by atoms with Gasteiger partial charge >= 0.3 is 6.09 Å². The number of amides is 1. The molecule has 0 saturated heterocycles. The number of benzene rings is 2. The summed E-state index contributed by atoms with van der Waals surface area (Å²) >= 11 is 0. The molecular weight excluding hydrogens is 292 g/mol. The van der Waals surface area contributed by atoms with Crippen LogP contribution in [-0.4, -0.2) is 16.2 Å². The molecule has 0 saturated carbocycles. The number of carboxylic acid groups (broad SMARTS) is 1. The molecule has 23 heavy (non-hydrogen) atoms. The summed E-state index contributed by atoms with van der Waals surface area (Å²) in [7, 11) is 0. The number of hydrogen-bond donors (Lipinski definition) is 2. The summed E-state index contributed by atoms with van der Waals surface area (Å²) in [6.45, 7) is 0. The number of rotatable bonds is 2. The van der Waals surface area contributed by atoms with Crippen LogP contribution < -0.4 is 5.32 Å². The first-order valence-corrected chi connectivity index (χ1v) is 7.07. The lowest BCUT2D eigenvalue weighted by atomic mass is 10.0. The van der Waals surface area contributed by atoms with E-state index in [2.05, 4.69) is 10.3 Å². The van der Waals surface area contributed by atoms with Crippen LogP contribution in [0.15, 0.2) is 65.3 Å². The molecule has 5 nitrogen and oxygen atoms in total. The van der Waals surface area contributed by atoms with Gasteiger partial charge in [-0.15, -0.1) is 0 Å². The Kier molecular flexibility index (Phi) is 2.98. The number of nitrogens with zero attached hydrogens (tertiary/aromatic N) is 1. The first-order chi connectivity index (χ1) is 11.2. The van der Waals surface area contributed by atoms with Gasteiger partial charge in [-0.05, 0) is 29.7 Å². The molecule has 0 spiro atoms. The molecular formula is C18H12N2O3. The lowest BCUT2D eigenvalue weighted by Gasteiger charge is -2.06. The Balaban J connectivity index is 1.92. The average Bonchev–Trinajstić information content (AvgIpc) is 2.97. The van der Waals surface area contributed by atoms with E-state index in [4.69, 9.17) is 9.52 Å². The van der Waals surface area contributed by atoms with E-state index in [0.29, 0.717) is 11.4 Å². The average molecular weight is 304 g/mol. The number of anilines is 1. The Morgan fingerprint density at radius 3 is 2.74 bits per heavy atom. The van der Waals surface area contributed by atoms with Gasteiger partial charge < -0.3 is 9.52 Å². The molecule has 0 bridgehead atoms. The van der Waals surface area contributed by atoms with Crippen LogP contribution in [-0.2, 0) is 0 Å². The van der Waals surface area contributed by atoms with Crippen LogP contribution in [0.3, 0.4) is 0 Å². The van der Waals surface area contributed by atoms with E-state index < -0.39 is 6.09 Å². The third kappa shape index (κ3) is 2.38. The Morgan fingerprint density at radius 1 is 1.04 bits per heavy atom. The van der Waals surface area contributed by atoms with Gasteiger partial charge in [0.15, 0.2) is 0 Å². The Labute approximate surface area is 131 Å². The summed E-state index contributed by atoms with van der Waals surface area (Å²) < 4.78 is 5.91. The maximum Gasteiger partial charge on any atom is 0.409 e. The number of nitrogens with one attached hydrogen (secondary N) is 1. The molecule has 1 amide bonds. The maximum atomic E-state index is 10.8. The minimum absolute atomic E-state index is 0.508. The van der Waals surface area contributed by atoms with Crippen molar-refractivity contribution in [2.24, 2.45) is 0 Å². The first kappa shape index (κ1) is 13.3. The zero-order valence-corrected chi connectivity index (χ0v) is 12.0. The second-order valence-corrected chi connectivity index (χ2v) is 5.20. The van der Waals surface area contributed by atoms with E-state index in [0.717, 1.165) is 27.3 Å². The Morgan fingerprint density at radius 2 is 1.91 bits per heavy atom. The van der Waals surface area contributed by atoms with E-state index in [-0.39, 0.29) is 0 Å². The number of furan rings is 1. The van der Waals surface area contributed by atoms with Gasteiger partial charge in [0.05, 0.1) is 0 Å². The van der Waals surface area contributed by atoms with E-state index >= 15 is 0 Å². The number of aromatic nitrogens is 1. The van der Waals surface area contributed by atoms with E-state index in [1.807, 2.05) is 36.4 Å². The number of para-hydroxylation sites is 1. The lowest BCUT2D eigenvalue weighted by Crippen LogP contribution is -2.06. The molecule has 0 aliphatic carbocycles. The Bertz CT molecular complexity index is 1000. The second kappa shape index (κ2) is 5.14. The van der Waals surface area contributed by atoms with E-state index in [1.54, 1.807) is 24.5 Å². The Hall–Kier alpha value is -3.34. The minimum Gasteiger partial charge on any atom is -0.465 e. The highest BCUT2D eigenvalue weighted by atomic mass is 16.4. The predicted molar refractivity (Wildman–Crippen MR) is 88.6 cm³/mol. The summed E-state index contributed by atoms with van der Waals surface area (Å²) in [5.74, 6) is 0.705. The van der Waals surface area contributed by atoms with Crippen LogP contribution in [0.2, 0.25) is 0 Å². The van der Waals surface area contributed by atoms with Crippen LogP contribution in [0, 0.1) is 0 Å². The molecule has 0 fully saturated rings. The van der Waals surface area contributed by atoms with Crippen molar-refractivity contribution in [3.63, 3.8) is 0 Å². The summed E-state index contributed by atoms with van der Waals surface area (Å²) in [5, 5.41) is 14.1. The highest BCUT2D eigenvalue weighted by Gasteiger charge is 2.11. The van der Waals surface area contributed by atoms with Crippen LogP contribution in [0.25, 0.3) is 33.1 Å². The van der Waals surface area contributed by atoms with Crippen molar-refractivity contribution in [3.8, 4) is 11.3 Å². The van der Waals surface area contributed by atoms with Crippen molar-refractivity contribution >= 4 is 33.5 Å². The predicted octanol–water partition coefficient (Wildman–Crippen LogP) is 4.74. The molecule has 2 aromatic carbocycles. The molecule has 0 aliphatic rings. The number of fused-ring (bicyclic) bond motifs is 2. The van der Waals surface area contributed by atoms with Gasteiger partial charge in [-0.2, -0.15) is 0 Å². The zero-order valence-electron chi connectivity index (χ0n) is 12.0. The molecule has 0 unspecified atom stereocenters. The monoisotopic (exact) mass is 304 g/mol. The third-order valence-corrected chi connectivity index (χ3v) is 3.70. The quantitative estimate of drug-likeness (QED) is 0.561. The van der Waals surface area contributed by atoms with Crippen LogP contribution in [0.5, 0.6) is 0 Å². The van der Waals surface area contributed by atoms with Gasteiger partial charge in [0.2, 0.25) is 0 Å². The van der Waals surface area contributed by atoms with E-state index in [1.165, 1.54) is 0 Å². The molecule has 112 valence electrons. The SMILES string of the molecule is O=C(O)Nc1ccc2cncc(-c3cc4ccccc4o3)c2c1. The summed E-state index contributed by atoms with van der Waals surface area (Å²) in [5.41, 5.74) is 2.14. The zero-order chi connectivity index (χ0) is 15.8. The van der Waals surface area contributed by atoms with Crippen LogP contribution in [0.4, 0.5) is 10.5 Å². The topological polar surface area (TPSA) is 75.4 Å². The van der Waals surface area contributed by atoms with Crippen LogP contribution >= 0.6 is 0 Å². The van der Waals surface area contributed by atoms with Gasteiger partial charge in [-0.3, -0.25) is 10.3 Å². The fraction of sp³-hybridized carbons (Fsp3) is 0. The minimum atomic E-state index is -1.09. The molecule has 4 rings (SSSR count). The van der Waals surface area contributed by atoms with Crippen molar-refractivity contribution in [1.29, 1.82) is 0 Å². The van der Waals surface area contributed by atoms with Crippen molar-refractivity contribution < 1.29 is 14.3 Å². The molecule has 5 heteroatoms. The molecule has 2 N–H and O–H groups in total. The smallest absolute Gasteiger partial charge is 0.409 e. The van der Waals surface area contributed by atoms with Gasteiger partial charge in [-0.25, -0.2) is 4.79 Å². The van der Waals surface area contributed by atoms with Gasteiger partial charge in [0.1, 0.15) is 11.3 Å². The molecule has 0 radical (unpaired) electrons.